The van der Waals surface area contributed by atoms with Crippen molar-refractivity contribution in [3.05, 3.63) is 35.7 Å². The zero-order valence-electron chi connectivity index (χ0n) is 10.7. The Morgan fingerprint density at radius 3 is 2.74 bits per heavy atom. The summed E-state index contributed by atoms with van der Waals surface area (Å²) in [6.07, 6.45) is 1.10. The Labute approximate surface area is 110 Å². The molecule has 19 heavy (non-hydrogen) atoms. The van der Waals surface area contributed by atoms with Gasteiger partial charge in [-0.15, -0.1) is 10.2 Å². The highest BCUT2D eigenvalue weighted by Gasteiger charge is 2.27. The highest BCUT2D eigenvalue weighted by molar-refractivity contribution is 5.70. The van der Waals surface area contributed by atoms with E-state index in [0.29, 0.717) is 19.4 Å². The molecule has 2 heterocycles. The van der Waals surface area contributed by atoms with Crippen molar-refractivity contribution in [3.63, 3.8) is 0 Å². The molecule has 0 bridgehead atoms. The van der Waals surface area contributed by atoms with Crippen molar-refractivity contribution < 1.29 is 9.90 Å². The minimum atomic E-state index is -0.744. The number of carbonyl (C=O) groups is 1. The fraction of sp³-hybridized carbons (Fsp3) is 0.357. The maximum atomic E-state index is 11.0. The molecule has 5 heteroatoms. The molecule has 5 nitrogen and oxygen atoms in total. The van der Waals surface area contributed by atoms with Crippen LogP contribution < -0.4 is 0 Å². The van der Waals surface area contributed by atoms with Crippen LogP contribution in [0.3, 0.4) is 0 Å². The lowest BCUT2D eigenvalue weighted by Gasteiger charge is -2.20. The molecule has 0 saturated heterocycles. The van der Waals surface area contributed by atoms with Crippen molar-refractivity contribution >= 4 is 5.97 Å². The SMILES string of the molecule is Cc1ccc(-c2nnc3n2CCC(C(=O)O)C3)cc1. The third kappa shape index (κ3) is 2.12. The van der Waals surface area contributed by atoms with Gasteiger partial charge in [-0.3, -0.25) is 4.79 Å². The van der Waals surface area contributed by atoms with Crippen LogP contribution in [0.1, 0.15) is 17.8 Å². The van der Waals surface area contributed by atoms with Crippen LogP contribution in [-0.4, -0.2) is 25.8 Å². The first-order valence-electron chi connectivity index (χ1n) is 6.37. The van der Waals surface area contributed by atoms with Gasteiger partial charge in [-0.25, -0.2) is 0 Å². The second kappa shape index (κ2) is 4.50. The number of carboxylic acid groups (broad SMARTS) is 1. The van der Waals surface area contributed by atoms with E-state index in [2.05, 4.69) is 10.2 Å². The van der Waals surface area contributed by atoms with Gasteiger partial charge < -0.3 is 9.67 Å². The second-order valence-electron chi connectivity index (χ2n) is 4.99. The maximum absolute atomic E-state index is 11.0. The minimum absolute atomic E-state index is 0.331. The van der Waals surface area contributed by atoms with Crippen LogP contribution in [-0.2, 0) is 17.8 Å². The Bertz CT molecular complexity index is 616. The number of nitrogens with zero attached hydrogens (tertiary/aromatic N) is 3. The highest BCUT2D eigenvalue weighted by Crippen LogP contribution is 2.25. The first-order valence-corrected chi connectivity index (χ1v) is 6.37. The zero-order chi connectivity index (χ0) is 13.4. The summed E-state index contributed by atoms with van der Waals surface area (Å²) in [5.41, 5.74) is 2.23. The molecule has 1 unspecified atom stereocenters. The summed E-state index contributed by atoms with van der Waals surface area (Å²) in [6.45, 7) is 2.71. The van der Waals surface area contributed by atoms with Crippen LogP contribution in [0.2, 0.25) is 0 Å². The molecule has 0 aliphatic carbocycles. The molecule has 1 aromatic heterocycles. The Kier molecular flexibility index (Phi) is 2.81. The van der Waals surface area contributed by atoms with Gasteiger partial charge in [0, 0.05) is 18.5 Å². The van der Waals surface area contributed by atoms with Crippen molar-refractivity contribution in [1.82, 2.24) is 14.8 Å². The molecule has 2 aromatic rings. The first kappa shape index (κ1) is 11.9. The van der Waals surface area contributed by atoms with Gasteiger partial charge in [0.1, 0.15) is 5.82 Å². The first-order chi connectivity index (χ1) is 9.15. The molecule has 0 amide bonds. The van der Waals surface area contributed by atoms with E-state index in [9.17, 15) is 4.79 Å². The van der Waals surface area contributed by atoms with Crippen LogP contribution in [0.15, 0.2) is 24.3 Å². The molecule has 0 fully saturated rings. The second-order valence-corrected chi connectivity index (χ2v) is 4.99. The van der Waals surface area contributed by atoms with E-state index in [0.717, 1.165) is 17.2 Å². The van der Waals surface area contributed by atoms with E-state index in [1.807, 2.05) is 35.8 Å². The summed E-state index contributed by atoms with van der Waals surface area (Å²) in [7, 11) is 0. The Morgan fingerprint density at radius 2 is 2.05 bits per heavy atom. The summed E-state index contributed by atoms with van der Waals surface area (Å²) < 4.78 is 2.03. The van der Waals surface area contributed by atoms with E-state index in [-0.39, 0.29) is 5.92 Å². The maximum Gasteiger partial charge on any atom is 0.307 e. The van der Waals surface area contributed by atoms with Gasteiger partial charge in [-0.05, 0) is 13.3 Å². The third-order valence-electron chi connectivity index (χ3n) is 3.62. The Hall–Kier alpha value is -2.17. The van der Waals surface area contributed by atoms with E-state index in [4.69, 9.17) is 5.11 Å². The van der Waals surface area contributed by atoms with E-state index >= 15 is 0 Å². The number of carboxylic acids is 1. The van der Waals surface area contributed by atoms with Crippen molar-refractivity contribution in [2.75, 3.05) is 0 Å². The third-order valence-corrected chi connectivity index (χ3v) is 3.62. The molecule has 0 spiro atoms. The molecule has 98 valence electrons. The average molecular weight is 257 g/mol. The number of hydrogen-bond acceptors (Lipinski definition) is 3. The number of hydrogen-bond donors (Lipinski definition) is 1. The monoisotopic (exact) mass is 257 g/mol. The molecule has 3 rings (SSSR count). The number of aliphatic carboxylic acids is 1. The number of aromatic nitrogens is 3. The van der Waals surface area contributed by atoms with E-state index < -0.39 is 5.97 Å². The smallest absolute Gasteiger partial charge is 0.307 e. The summed E-state index contributed by atoms with van der Waals surface area (Å²) in [5.74, 6) is 0.529. The van der Waals surface area contributed by atoms with Crippen LogP contribution >= 0.6 is 0 Å². The highest BCUT2D eigenvalue weighted by atomic mass is 16.4. The van der Waals surface area contributed by atoms with Crippen molar-refractivity contribution in [2.24, 2.45) is 5.92 Å². The van der Waals surface area contributed by atoms with Crippen molar-refractivity contribution in [1.29, 1.82) is 0 Å². The minimum Gasteiger partial charge on any atom is -0.481 e. The summed E-state index contributed by atoms with van der Waals surface area (Å²) in [4.78, 5) is 11.0. The van der Waals surface area contributed by atoms with Crippen molar-refractivity contribution in [2.45, 2.75) is 26.3 Å². The van der Waals surface area contributed by atoms with Gasteiger partial charge in [0.25, 0.3) is 0 Å². The zero-order valence-corrected chi connectivity index (χ0v) is 10.7. The summed E-state index contributed by atoms with van der Waals surface area (Å²) in [5, 5.41) is 17.4. The largest absolute Gasteiger partial charge is 0.481 e. The normalized spacial score (nSPS) is 18.1. The number of rotatable bonds is 2. The topological polar surface area (TPSA) is 68.0 Å². The molecule has 1 N–H and O–H groups in total. The lowest BCUT2D eigenvalue weighted by atomic mass is 9.98. The summed E-state index contributed by atoms with van der Waals surface area (Å²) >= 11 is 0. The van der Waals surface area contributed by atoms with Gasteiger partial charge in [0.15, 0.2) is 5.82 Å². The molecule has 1 atom stereocenters. The molecule has 1 aliphatic rings. The van der Waals surface area contributed by atoms with Crippen LogP contribution in [0.5, 0.6) is 0 Å². The number of aryl methyl sites for hydroxylation is 1. The van der Waals surface area contributed by atoms with Crippen LogP contribution in [0, 0.1) is 12.8 Å². The number of fused-ring (bicyclic) bond motifs is 1. The van der Waals surface area contributed by atoms with Gasteiger partial charge >= 0.3 is 5.97 Å². The van der Waals surface area contributed by atoms with Gasteiger partial charge in [0.2, 0.25) is 0 Å². The molecule has 1 aromatic carbocycles. The predicted octanol–water partition coefficient (Wildman–Crippen LogP) is 1.90. The fourth-order valence-electron chi connectivity index (χ4n) is 2.46. The van der Waals surface area contributed by atoms with Crippen LogP contribution in [0.25, 0.3) is 11.4 Å². The fourth-order valence-corrected chi connectivity index (χ4v) is 2.46. The van der Waals surface area contributed by atoms with E-state index in [1.165, 1.54) is 5.56 Å². The molecular weight excluding hydrogens is 242 g/mol. The van der Waals surface area contributed by atoms with Gasteiger partial charge in [0.05, 0.1) is 5.92 Å². The quantitative estimate of drug-likeness (QED) is 0.892. The molecule has 1 aliphatic heterocycles. The number of benzene rings is 1. The van der Waals surface area contributed by atoms with Crippen LogP contribution in [0.4, 0.5) is 0 Å². The van der Waals surface area contributed by atoms with Crippen molar-refractivity contribution in [3.8, 4) is 11.4 Å². The Morgan fingerprint density at radius 1 is 1.32 bits per heavy atom. The van der Waals surface area contributed by atoms with Gasteiger partial charge in [-0.2, -0.15) is 0 Å². The van der Waals surface area contributed by atoms with E-state index in [1.54, 1.807) is 0 Å². The Balaban J connectivity index is 1.95. The van der Waals surface area contributed by atoms with Gasteiger partial charge in [-0.1, -0.05) is 29.8 Å². The lowest BCUT2D eigenvalue weighted by molar-refractivity contribution is -0.142. The average Bonchev–Trinajstić information content (AvgIpc) is 2.82. The molecular formula is C14H15N3O2. The standard InChI is InChI=1S/C14H15N3O2/c1-9-2-4-10(5-3-9)13-16-15-12-8-11(14(18)19)6-7-17(12)13/h2-5,11H,6-8H2,1H3,(H,18,19). The molecule has 0 radical (unpaired) electrons. The predicted molar refractivity (Wildman–Crippen MR) is 69.6 cm³/mol. The molecule has 0 saturated carbocycles. The summed E-state index contributed by atoms with van der Waals surface area (Å²) in [6, 6.07) is 8.13. The lowest BCUT2D eigenvalue weighted by Crippen LogP contribution is -2.26.